The van der Waals surface area contributed by atoms with Crippen molar-refractivity contribution < 1.29 is 4.74 Å². The number of hydrogen-bond acceptors (Lipinski definition) is 2. The predicted molar refractivity (Wildman–Crippen MR) is 92.5 cm³/mol. The van der Waals surface area contributed by atoms with Crippen molar-refractivity contribution in [3.63, 3.8) is 0 Å². The smallest absolute Gasteiger partial charge is 0.133 e. The van der Waals surface area contributed by atoms with Crippen LogP contribution in [0, 0.1) is 0 Å². The van der Waals surface area contributed by atoms with Crippen LogP contribution in [0.25, 0.3) is 0 Å². The molecule has 0 aliphatic rings. The van der Waals surface area contributed by atoms with Crippen LogP contribution >= 0.6 is 27.5 Å². The molecule has 0 radical (unpaired) electrons. The van der Waals surface area contributed by atoms with Gasteiger partial charge >= 0.3 is 0 Å². The Labute approximate surface area is 139 Å². The first kappa shape index (κ1) is 16.3. The van der Waals surface area contributed by atoms with Gasteiger partial charge in [-0.3, -0.25) is 0 Å². The van der Waals surface area contributed by atoms with Crippen LogP contribution in [-0.4, -0.2) is 20.7 Å². The van der Waals surface area contributed by atoms with Crippen molar-refractivity contribution in [3.05, 3.63) is 63.1 Å². The average Bonchev–Trinajstić information content (AvgIpc) is 2.47. The van der Waals surface area contributed by atoms with Gasteiger partial charge in [0.2, 0.25) is 0 Å². The number of halogens is 2. The van der Waals surface area contributed by atoms with Gasteiger partial charge in [0.1, 0.15) is 5.75 Å². The summed E-state index contributed by atoms with van der Waals surface area (Å²) in [5, 5.41) is 4.08. The zero-order valence-corrected chi connectivity index (χ0v) is 14.5. The Morgan fingerprint density at radius 1 is 1.24 bits per heavy atom. The second-order valence-electron chi connectivity index (χ2n) is 4.95. The van der Waals surface area contributed by atoms with E-state index in [1.165, 1.54) is 11.1 Å². The SMILES string of the molecule is CNCC(Cc1ccc(OC)c(Br)c1)c1ccccc1Cl. The van der Waals surface area contributed by atoms with E-state index in [1.54, 1.807) is 7.11 Å². The molecule has 0 aromatic heterocycles. The van der Waals surface area contributed by atoms with Crippen LogP contribution in [0.2, 0.25) is 5.02 Å². The van der Waals surface area contributed by atoms with Crippen LogP contribution in [-0.2, 0) is 6.42 Å². The quantitative estimate of drug-likeness (QED) is 0.801. The first-order chi connectivity index (χ1) is 10.2. The summed E-state index contributed by atoms with van der Waals surface area (Å²) >= 11 is 9.88. The van der Waals surface area contributed by atoms with Crippen molar-refractivity contribution in [2.24, 2.45) is 0 Å². The minimum Gasteiger partial charge on any atom is -0.496 e. The van der Waals surface area contributed by atoms with Gasteiger partial charge in [-0.1, -0.05) is 35.9 Å². The second-order valence-corrected chi connectivity index (χ2v) is 6.21. The lowest BCUT2D eigenvalue weighted by atomic mass is 9.92. The highest BCUT2D eigenvalue weighted by Crippen LogP contribution is 2.30. The standard InChI is InChI=1S/C17H19BrClNO/c1-20-11-13(14-5-3-4-6-16(14)19)9-12-7-8-17(21-2)15(18)10-12/h3-8,10,13,20H,9,11H2,1-2H3. The fourth-order valence-electron chi connectivity index (χ4n) is 2.47. The number of methoxy groups -OCH3 is 1. The molecule has 2 aromatic carbocycles. The van der Waals surface area contributed by atoms with Crippen LogP contribution in [0.3, 0.4) is 0 Å². The molecule has 0 aliphatic carbocycles. The third kappa shape index (κ3) is 4.22. The molecule has 1 atom stereocenters. The van der Waals surface area contributed by atoms with E-state index in [0.29, 0.717) is 5.92 Å². The molecule has 0 amide bonds. The highest BCUT2D eigenvalue weighted by molar-refractivity contribution is 9.10. The lowest BCUT2D eigenvalue weighted by Gasteiger charge is -2.19. The number of benzene rings is 2. The van der Waals surface area contributed by atoms with Crippen molar-refractivity contribution in [3.8, 4) is 5.75 Å². The third-order valence-electron chi connectivity index (χ3n) is 3.49. The van der Waals surface area contributed by atoms with Gasteiger partial charge in [0.05, 0.1) is 11.6 Å². The van der Waals surface area contributed by atoms with E-state index in [-0.39, 0.29) is 0 Å². The molecule has 0 saturated heterocycles. The average molecular weight is 369 g/mol. The molecule has 0 fully saturated rings. The molecule has 112 valence electrons. The zero-order valence-electron chi connectivity index (χ0n) is 12.2. The fraction of sp³-hybridized carbons (Fsp3) is 0.294. The molecular weight excluding hydrogens is 350 g/mol. The molecule has 2 nitrogen and oxygen atoms in total. The van der Waals surface area contributed by atoms with E-state index in [9.17, 15) is 0 Å². The van der Waals surface area contributed by atoms with E-state index in [4.69, 9.17) is 16.3 Å². The number of likely N-dealkylation sites (N-methyl/N-ethyl adjacent to an activating group) is 1. The van der Waals surface area contributed by atoms with Gasteiger partial charge in [0, 0.05) is 17.5 Å². The van der Waals surface area contributed by atoms with Crippen LogP contribution in [0.4, 0.5) is 0 Å². The molecule has 21 heavy (non-hydrogen) atoms. The van der Waals surface area contributed by atoms with E-state index in [0.717, 1.165) is 28.2 Å². The summed E-state index contributed by atoms with van der Waals surface area (Å²) in [4.78, 5) is 0. The summed E-state index contributed by atoms with van der Waals surface area (Å²) < 4.78 is 6.25. The summed E-state index contributed by atoms with van der Waals surface area (Å²) in [6.07, 6.45) is 0.924. The van der Waals surface area contributed by atoms with Gasteiger partial charge in [-0.05, 0) is 58.7 Å². The fourth-order valence-corrected chi connectivity index (χ4v) is 3.34. The molecule has 0 aliphatic heterocycles. The van der Waals surface area contributed by atoms with Crippen molar-refractivity contribution in [2.75, 3.05) is 20.7 Å². The minimum absolute atomic E-state index is 0.337. The van der Waals surface area contributed by atoms with Crippen LogP contribution in [0.15, 0.2) is 46.9 Å². The maximum atomic E-state index is 6.34. The van der Waals surface area contributed by atoms with Crippen LogP contribution < -0.4 is 10.1 Å². The summed E-state index contributed by atoms with van der Waals surface area (Å²) in [5.74, 6) is 1.19. The molecule has 0 bridgehead atoms. The van der Waals surface area contributed by atoms with Crippen LogP contribution in [0.1, 0.15) is 17.0 Å². The molecule has 0 saturated carbocycles. The summed E-state index contributed by atoms with van der Waals surface area (Å²) in [5.41, 5.74) is 2.43. The normalized spacial score (nSPS) is 12.2. The minimum atomic E-state index is 0.337. The third-order valence-corrected chi connectivity index (χ3v) is 4.46. The molecule has 0 spiro atoms. The molecule has 4 heteroatoms. The predicted octanol–water partition coefficient (Wildman–Crippen LogP) is 4.66. The van der Waals surface area contributed by atoms with Gasteiger partial charge in [-0.15, -0.1) is 0 Å². The highest BCUT2D eigenvalue weighted by atomic mass is 79.9. The lowest BCUT2D eigenvalue weighted by molar-refractivity contribution is 0.412. The van der Waals surface area contributed by atoms with E-state index < -0.39 is 0 Å². The Kier molecular flexibility index (Phi) is 6.09. The first-order valence-corrected chi connectivity index (χ1v) is 8.04. The lowest BCUT2D eigenvalue weighted by Crippen LogP contribution is -2.19. The Hall–Kier alpha value is -1.03. The maximum absolute atomic E-state index is 6.34. The molecule has 1 N–H and O–H groups in total. The van der Waals surface area contributed by atoms with E-state index in [1.807, 2.05) is 31.3 Å². The van der Waals surface area contributed by atoms with Gasteiger partial charge in [0.25, 0.3) is 0 Å². The number of ether oxygens (including phenoxy) is 1. The topological polar surface area (TPSA) is 21.3 Å². The van der Waals surface area contributed by atoms with Crippen molar-refractivity contribution in [2.45, 2.75) is 12.3 Å². The Morgan fingerprint density at radius 3 is 2.62 bits per heavy atom. The van der Waals surface area contributed by atoms with Gasteiger partial charge in [0.15, 0.2) is 0 Å². The van der Waals surface area contributed by atoms with Crippen molar-refractivity contribution >= 4 is 27.5 Å². The molecule has 0 heterocycles. The number of nitrogens with one attached hydrogen (secondary N) is 1. The van der Waals surface area contributed by atoms with E-state index in [2.05, 4.69) is 39.4 Å². The highest BCUT2D eigenvalue weighted by Gasteiger charge is 2.15. The molecule has 2 rings (SSSR count). The Balaban J connectivity index is 2.24. The first-order valence-electron chi connectivity index (χ1n) is 6.87. The maximum Gasteiger partial charge on any atom is 0.133 e. The zero-order chi connectivity index (χ0) is 15.2. The van der Waals surface area contributed by atoms with Gasteiger partial charge in [-0.25, -0.2) is 0 Å². The van der Waals surface area contributed by atoms with Crippen molar-refractivity contribution in [1.82, 2.24) is 5.32 Å². The summed E-state index contributed by atoms with van der Waals surface area (Å²) in [6, 6.07) is 14.2. The van der Waals surface area contributed by atoms with Crippen molar-refractivity contribution in [1.29, 1.82) is 0 Å². The summed E-state index contributed by atoms with van der Waals surface area (Å²) in [6.45, 7) is 0.882. The Morgan fingerprint density at radius 2 is 2.00 bits per heavy atom. The van der Waals surface area contributed by atoms with E-state index >= 15 is 0 Å². The van der Waals surface area contributed by atoms with Gasteiger partial charge < -0.3 is 10.1 Å². The molecule has 2 aromatic rings. The molecule has 1 unspecified atom stereocenters. The number of rotatable bonds is 6. The monoisotopic (exact) mass is 367 g/mol. The van der Waals surface area contributed by atoms with Gasteiger partial charge in [-0.2, -0.15) is 0 Å². The molecular formula is C17H19BrClNO. The Bertz CT molecular complexity index is 603. The largest absolute Gasteiger partial charge is 0.496 e. The number of hydrogen-bond donors (Lipinski definition) is 1. The summed E-state index contributed by atoms with van der Waals surface area (Å²) in [7, 11) is 3.64. The van der Waals surface area contributed by atoms with Crippen LogP contribution in [0.5, 0.6) is 5.75 Å². The second kappa shape index (κ2) is 7.83.